The molecule has 1 aliphatic rings. The summed E-state index contributed by atoms with van der Waals surface area (Å²) in [5.74, 6) is 0. The van der Waals surface area contributed by atoms with Crippen LogP contribution < -0.4 is 10.0 Å². The summed E-state index contributed by atoms with van der Waals surface area (Å²) in [7, 11) is -4.10. The lowest BCUT2D eigenvalue weighted by atomic mass is 10.0. The molecule has 7 nitrogen and oxygen atoms in total. The molecule has 0 fully saturated rings. The average molecular weight is 347 g/mol. The lowest BCUT2D eigenvalue weighted by Gasteiger charge is -2.33. The summed E-state index contributed by atoms with van der Waals surface area (Å²) < 4.78 is 27.6. The highest BCUT2D eigenvalue weighted by Gasteiger charge is 2.37. The van der Waals surface area contributed by atoms with E-state index in [2.05, 4.69) is 0 Å². The number of sulfonamides is 1. The SMILES string of the molecule is Cc1cccc([N+](=O)[O-])c1S(=O)(=O)N1CC(N)Cc2ccccc21. The molecule has 24 heavy (non-hydrogen) atoms. The Morgan fingerprint density at radius 1 is 1.21 bits per heavy atom. The largest absolute Gasteiger partial charge is 0.326 e. The lowest BCUT2D eigenvalue weighted by Crippen LogP contribution is -2.46. The molecule has 2 N–H and O–H groups in total. The number of hydrogen-bond donors (Lipinski definition) is 1. The molecule has 126 valence electrons. The van der Waals surface area contributed by atoms with E-state index in [1.807, 2.05) is 12.1 Å². The number of rotatable bonds is 3. The number of para-hydroxylation sites is 1. The van der Waals surface area contributed by atoms with E-state index in [4.69, 9.17) is 5.73 Å². The summed E-state index contributed by atoms with van der Waals surface area (Å²) in [4.78, 5) is 10.4. The van der Waals surface area contributed by atoms with Gasteiger partial charge in [-0.05, 0) is 30.5 Å². The van der Waals surface area contributed by atoms with Crippen LogP contribution in [0.15, 0.2) is 47.4 Å². The van der Waals surface area contributed by atoms with E-state index in [9.17, 15) is 18.5 Å². The normalized spacial score (nSPS) is 17.4. The van der Waals surface area contributed by atoms with Crippen molar-refractivity contribution in [2.24, 2.45) is 5.73 Å². The monoisotopic (exact) mass is 347 g/mol. The van der Waals surface area contributed by atoms with E-state index in [0.717, 1.165) is 5.56 Å². The highest BCUT2D eigenvalue weighted by molar-refractivity contribution is 7.93. The van der Waals surface area contributed by atoms with Crippen LogP contribution >= 0.6 is 0 Å². The quantitative estimate of drug-likeness (QED) is 0.675. The first-order valence-corrected chi connectivity index (χ1v) is 8.86. The first-order chi connectivity index (χ1) is 11.3. The van der Waals surface area contributed by atoms with Gasteiger partial charge in [0.1, 0.15) is 0 Å². The molecule has 1 unspecified atom stereocenters. The van der Waals surface area contributed by atoms with E-state index in [-0.39, 0.29) is 17.5 Å². The van der Waals surface area contributed by atoms with Crippen molar-refractivity contribution < 1.29 is 13.3 Å². The number of hydrogen-bond acceptors (Lipinski definition) is 5. The summed E-state index contributed by atoms with van der Waals surface area (Å²) in [6.07, 6.45) is 0.568. The van der Waals surface area contributed by atoms with Crippen LogP contribution in [0, 0.1) is 17.0 Å². The summed E-state index contributed by atoms with van der Waals surface area (Å²) in [5.41, 5.74) is 7.26. The third-order valence-corrected chi connectivity index (χ3v) is 6.05. The number of aryl methyl sites for hydroxylation is 1. The number of nitro groups is 1. The molecule has 1 aliphatic heterocycles. The molecule has 0 bridgehead atoms. The van der Waals surface area contributed by atoms with Crippen LogP contribution in [0.25, 0.3) is 0 Å². The molecular weight excluding hydrogens is 330 g/mol. The lowest BCUT2D eigenvalue weighted by molar-refractivity contribution is -0.387. The number of nitrogens with two attached hydrogens (primary N) is 1. The molecule has 0 aromatic heterocycles. The Labute approximate surface area is 139 Å². The Hall–Kier alpha value is -2.45. The van der Waals surface area contributed by atoms with Crippen molar-refractivity contribution in [3.05, 3.63) is 63.7 Å². The fraction of sp³-hybridized carbons (Fsp3) is 0.250. The van der Waals surface area contributed by atoms with E-state index >= 15 is 0 Å². The van der Waals surface area contributed by atoms with Crippen molar-refractivity contribution in [3.8, 4) is 0 Å². The Kier molecular flexibility index (Phi) is 4.02. The van der Waals surface area contributed by atoms with Gasteiger partial charge in [0.2, 0.25) is 0 Å². The van der Waals surface area contributed by atoms with Crippen LogP contribution in [0.3, 0.4) is 0 Å². The van der Waals surface area contributed by atoms with Gasteiger partial charge >= 0.3 is 0 Å². The summed E-state index contributed by atoms with van der Waals surface area (Å²) >= 11 is 0. The van der Waals surface area contributed by atoms with E-state index < -0.39 is 20.6 Å². The van der Waals surface area contributed by atoms with Gasteiger partial charge in [-0.25, -0.2) is 8.42 Å². The zero-order chi connectivity index (χ0) is 17.5. The minimum Gasteiger partial charge on any atom is -0.326 e. The fourth-order valence-electron chi connectivity index (χ4n) is 3.04. The van der Waals surface area contributed by atoms with Crippen LogP contribution in [-0.4, -0.2) is 25.9 Å². The molecule has 0 spiro atoms. The second kappa shape index (κ2) is 5.88. The van der Waals surface area contributed by atoms with Crippen molar-refractivity contribution in [3.63, 3.8) is 0 Å². The first-order valence-electron chi connectivity index (χ1n) is 7.42. The number of fused-ring (bicyclic) bond motifs is 1. The number of nitrogens with zero attached hydrogens (tertiary/aromatic N) is 2. The molecule has 0 radical (unpaired) electrons. The Morgan fingerprint density at radius 3 is 2.62 bits per heavy atom. The van der Waals surface area contributed by atoms with E-state index in [1.54, 1.807) is 25.1 Å². The maximum Gasteiger partial charge on any atom is 0.290 e. The van der Waals surface area contributed by atoms with Crippen LogP contribution in [-0.2, 0) is 16.4 Å². The van der Waals surface area contributed by atoms with Crippen LogP contribution in [0.1, 0.15) is 11.1 Å². The molecule has 1 atom stereocenters. The molecule has 2 aromatic rings. The molecule has 0 aliphatic carbocycles. The van der Waals surface area contributed by atoms with Gasteiger partial charge in [-0.3, -0.25) is 14.4 Å². The Balaban J connectivity index is 2.22. The second-order valence-electron chi connectivity index (χ2n) is 5.81. The first kappa shape index (κ1) is 16.4. The minimum atomic E-state index is -4.10. The van der Waals surface area contributed by atoms with Crippen molar-refractivity contribution in [1.29, 1.82) is 0 Å². The molecule has 1 heterocycles. The molecular formula is C16H17N3O4S. The third kappa shape index (κ3) is 2.63. The molecule has 3 rings (SSSR count). The average Bonchev–Trinajstić information content (AvgIpc) is 2.53. The third-order valence-electron chi connectivity index (χ3n) is 4.08. The van der Waals surface area contributed by atoms with E-state index in [0.29, 0.717) is 17.7 Å². The molecule has 0 saturated carbocycles. The Bertz CT molecular complexity index is 911. The standard InChI is InChI=1S/C16H17N3O4S/c1-11-5-4-8-15(19(20)21)16(11)24(22,23)18-10-13(17)9-12-6-2-3-7-14(12)18/h2-8,13H,9-10,17H2,1H3. The highest BCUT2D eigenvalue weighted by atomic mass is 32.2. The van der Waals surface area contributed by atoms with Gasteiger partial charge < -0.3 is 5.73 Å². The number of anilines is 1. The topological polar surface area (TPSA) is 107 Å². The number of nitro benzene ring substituents is 1. The van der Waals surface area contributed by atoms with Crippen molar-refractivity contribution in [2.45, 2.75) is 24.3 Å². The predicted octanol–water partition coefficient (Wildman–Crippen LogP) is 1.98. The molecule has 0 amide bonds. The predicted molar refractivity (Wildman–Crippen MR) is 90.5 cm³/mol. The minimum absolute atomic E-state index is 0.0881. The highest BCUT2D eigenvalue weighted by Crippen LogP contribution is 2.35. The van der Waals surface area contributed by atoms with Gasteiger partial charge in [-0.1, -0.05) is 30.3 Å². The van der Waals surface area contributed by atoms with Crippen molar-refractivity contribution in [2.75, 3.05) is 10.8 Å². The summed E-state index contributed by atoms with van der Waals surface area (Å²) in [6.45, 7) is 1.64. The zero-order valence-electron chi connectivity index (χ0n) is 13.0. The Morgan fingerprint density at radius 2 is 1.92 bits per heavy atom. The van der Waals surface area contributed by atoms with Gasteiger partial charge in [0, 0.05) is 18.7 Å². The molecule has 0 saturated heterocycles. The zero-order valence-corrected chi connectivity index (χ0v) is 13.9. The van der Waals surface area contributed by atoms with Crippen LogP contribution in [0.2, 0.25) is 0 Å². The second-order valence-corrected chi connectivity index (χ2v) is 7.61. The summed E-state index contributed by atoms with van der Waals surface area (Å²) in [6, 6.07) is 10.9. The number of benzene rings is 2. The van der Waals surface area contributed by atoms with Crippen LogP contribution in [0.5, 0.6) is 0 Å². The fourth-order valence-corrected chi connectivity index (χ4v) is 4.97. The van der Waals surface area contributed by atoms with Gasteiger partial charge in [0.05, 0.1) is 10.6 Å². The van der Waals surface area contributed by atoms with Gasteiger partial charge in [0.15, 0.2) is 4.90 Å². The van der Waals surface area contributed by atoms with Crippen LogP contribution in [0.4, 0.5) is 11.4 Å². The smallest absolute Gasteiger partial charge is 0.290 e. The maximum atomic E-state index is 13.2. The van der Waals surface area contributed by atoms with Gasteiger partial charge in [-0.2, -0.15) is 0 Å². The molecule has 8 heteroatoms. The van der Waals surface area contributed by atoms with E-state index in [1.165, 1.54) is 16.4 Å². The molecule has 2 aromatic carbocycles. The van der Waals surface area contributed by atoms with Crippen molar-refractivity contribution >= 4 is 21.4 Å². The van der Waals surface area contributed by atoms with Crippen molar-refractivity contribution in [1.82, 2.24) is 0 Å². The maximum absolute atomic E-state index is 13.2. The van der Waals surface area contributed by atoms with Gasteiger partial charge in [-0.15, -0.1) is 0 Å². The van der Waals surface area contributed by atoms with Gasteiger partial charge in [0.25, 0.3) is 15.7 Å². The summed E-state index contributed by atoms with van der Waals surface area (Å²) in [5, 5.41) is 11.3.